The summed E-state index contributed by atoms with van der Waals surface area (Å²) in [6.45, 7) is 6.13. The number of carbonyl (C=O) groups is 1. The van der Waals surface area contributed by atoms with Crippen molar-refractivity contribution in [1.82, 2.24) is 20.0 Å². The van der Waals surface area contributed by atoms with E-state index in [1.807, 2.05) is 11.6 Å². The Bertz CT molecular complexity index is 876. The van der Waals surface area contributed by atoms with Crippen molar-refractivity contribution in [2.75, 3.05) is 5.32 Å². The molecule has 0 aliphatic heterocycles. The summed E-state index contributed by atoms with van der Waals surface area (Å²) in [4.78, 5) is 12.6. The molecule has 0 aliphatic carbocycles. The monoisotopic (exact) mass is 327 g/mol. The highest BCUT2D eigenvalue weighted by Crippen LogP contribution is 2.25. The fourth-order valence-corrected chi connectivity index (χ4v) is 2.93. The fourth-order valence-electron chi connectivity index (χ4n) is 2.93. The molecule has 0 aliphatic rings. The van der Waals surface area contributed by atoms with E-state index >= 15 is 0 Å². The zero-order valence-corrected chi connectivity index (χ0v) is 14.0. The van der Waals surface area contributed by atoms with Gasteiger partial charge < -0.3 is 10.4 Å². The summed E-state index contributed by atoms with van der Waals surface area (Å²) < 4.78 is 1.91. The number of H-pyrrole nitrogens is 1. The number of hydrogen-bond acceptors (Lipinski definition) is 4. The molecule has 7 heteroatoms. The highest BCUT2D eigenvalue weighted by Gasteiger charge is 2.19. The van der Waals surface area contributed by atoms with Crippen molar-refractivity contribution in [1.29, 1.82) is 0 Å². The van der Waals surface area contributed by atoms with E-state index in [1.165, 1.54) is 0 Å². The van der Waals surface area contributed by atoms with Crippen LogP contribution in [0.2, 0.25) is 0 Å². The normalized spacial score (nSPS) is 11.3. The zero-order chi connectivity index (χ0) is 17.3. The van der Waals surface area contributed by atoms with Gasteiger partial charge in [0, 0.05) is 17.1 Å². The van der Waals surface area contributed by atoms with Gasteiger partial charge in [-0.2, -0.15) is 10.2 Å². The Morgan fingerprint density at radius 2 is 2.12 bits per heavy atom. The molecule has 0 fully saturated rings. The van der Waals surface area contributed by atoms with E-state index in [2.05, 4.69) is 34.5 Å². The highest BCUT2D eigenvalue weighted by atomic mass is 16.3. The topological polar surface area (TPSA) is 95.8 Å². The predicted molar refractivity (Wildman–Crippen MR) is 92.3 cm³/mol. The number of amides is 1. The number of aromatic amines is 1. The molecule has 0 saturated heterocycles. The van der Waals surface area contributed by atoms with Crippen LogP contribution in [0.5, 0.6) is 5.75 Å². The summed E-state index contributed by atoms with van der Waals surface area (Å²) in [6.07, 6.45) is 3.53. The number of carbonyl (C=O) groups excluding carboxylic acids is 1. The molecule has 3 N–H and O–H groups in total. The molecule has 3 aromatic rings. The quantitative estimate of drug-likeness (QED) is 0.669. The number of aromatic hydroxyl groups is 1. The molecule has 0 radical (unpaired) electrons. The Kier molecular flexibility index (Phi) is 4.24. The van der Waals surface area contributed by atoms with Crippen LogP contribution < -0.4 is 5.32 Å². The van der Waals surface area contributed by atoms with E-state index in [1.54, 1.807) is 24.4 Å². The molecule has 0 spiro atoms. The molecular formula is C17H21N5O2. The molecule has 1 amide bonds. The molecule has 2 aromatic heterocycles. The molecule has 0 bridgehead atoms. The third-order valence-corrected chi connectivity index (χ3v) is 4.36. The molecule has 7 nitrogen and oxygen atoms in total. The van der Waals surface area contributed by atoms with Crippen molar-refractivity contribution >= 4 is 22.6 Å². The molecule has 0 unspecified atom stereocenters. The average Bonchev–Trinajstić information content (AvgIpc) is 3.13. The van der Waals surface area contributed by atoms with Crippen molar-refractivity contribution in [3.63, 3.8) is 0 Å². The van der Waals surface area contributed by atoms with E-state index in [0.717, 1.165) is 23.9 Å². The average molecular weight is 327 g/mol. The van der Waals surface area contributed by atoms with Gasteiger partial charge in [-0.05, 0) is 31.9 Å². The van der Waals surface area contributed by atoms with Crippen LogP contribution >= 0.6 is 0 Å². The maximum absolute atomic E-state index is 12.6. The van der Waals surface area contributed by atoms with Gasteiger partial charge in [-0.25, -0.2) is 0 Å². The van der Waals surface area contributed by atoms with Gasteiger partial charge in [-0.15, -0.1) is 0 Å². The lowest BCUT2D eigenvalue weighted by atomic mass is 10.1. The van der Waals surface area contributed by atoms with Crippen LogP contribution in [0.4, 0.5) is 5.82 Å². The smallest absolute Gasteiger partial charge is 0.260 e. The second-order valence-corrected chi connectivity index (χ2v) is 5.81. The summed E-state index contributed by atoms with van der Waals surface area (Å²) in [6, 6.07) is 5.13. The van der Waals surface area contributed by atoms with Crippen LogP contribution in [0.3, 0.4) is 0 Å². The third kappa shape index (κ3) is 2.73. The van der Waals surface area contributed by atoms with Crippen molar-refractivity contribution in [3.05, 3.63) is 35.7 Å². The number of anilines is 1. The Labute approximate surface area is 139 Å². The van der Waals surface area contributed by atoms with Crippen molar-refractivity contribution in [3.8, 4) is 5.75 Å². The Balaban J connectivity index is 1.87. The van der Waals surface area contributed by atoms with Crippen LogP contribution in [0, 0.1) is 6.92 Å². The minimum atomic E-state index is -0.244. The van der Waals surface area contributed by atoms with Crippen LogP contribution in [0.15, 0.2) is 24.4 Å². The second-order valence-electron chi connectivity index (χ2n) is 5.81. The largest absolute Gasteiger partial charge is 0.508 e. The third-order valence-electron chi connectivity index (χ3n) is 4.36. The summed E-state index contributed by atoms with van der Waals surface area (Å²) in [7, 11) is 0. The minimum absolute atomic E-state index is 0.145. The number of rotatable bonds is 5. The molecular weight excluding hydrogens is 306 g/mol. The van der Waals surface area contributed by atoms with Gasteiger partial charge in [0.1, 0.15) is 5.75 Å². The summed E-state index contributed by atoms with van der Waals surface area (Å²) >= 11 is 0. The molecule has 2 heterocycles. The maximum atomic E-state index is 12.6. The summed E-state index contributed by atoms with van der Waals surface area (Å²) in [5, 5.41) is 24.3. The zero-order valence-electron chi connectivity index (χ0n) is 14.0. The molecule has 0 atom stereocenters. The van der Waals surface area contributed by atoms with Crippen molar-refractivity contribution in [2.45, 2.75) is 39.7 Å². The van der Waals surface area contributed by atoms with E-state index in [-0.39, 0.29) is 11.7 Å². The number of nitrogens with zero attached hydrogens (tertiary/aromatic N) is 3. The Morgan fingerprint density at radius 1 is 1.38 bits per heavy atom. The number of benzene rings is 1. The highest BCUT2D eigenvalue weighted by molar-refractivity contribution is 6.08. The number of phenolic OH excluding ortho intramolecular Hbond substituents is 1. The van der Waals surface area contributed by atoms with E-state index in [4.69, 9.17) is 0 Å². The van der Waals surface area contributed by atoms with Crippen molar-refractivity contribution < 1.29 is 9.90 Å². The van der Waals surface area contributed by atoms with Crippen LogP contribution in [0.25, 0.3) is 10.9 Å². The lowest BCUT2D eigenvalue weighted by molar-refractivity contribution is 0.102. The van der Waals surface area contributed by atoms with Crippen LogP contribution in [0.1, 0.15) is 48.8 Å². The summed E-state index contributed by atoms with van der Waals surface area (Å²) in [5.41, 5.74) is 2.05. The first kappa shape index (κ1) is 16.0. The van der Waals surface area contributed by atoms with Gasteiger partial charge in [-0.3, -0.25) is 14.6 Å². The maximum Gasteiger partial charge on any atom is 0.260 e. The van der Waals surface area contributed by atoms with E-state index < -0.39 is 0 Å². The molecule has 126 valence electrons. The van der Waals surface area contributed by atoms with Gasteiger partial charge in [0.05, 0.1) is 23.3 Å². The lowest BCUT2D eigenvalue weighted by Crippen LogP contribution is -2.15. The predicted octanol–water partition coefficient (Wildman–Crippen LogP) is 3.39. The fraction of sp³-hybridized carbons (Fsp3) is 0.353. The Hall–Kier alpha value is -2.83. The second kappa shape index (κ2) is 6.35. The van der Waals surface area contributed by atoms with Gasteiger partial charge in [0.2, 0.25) is 0 Å². The number of phenols is 1. The van der Waals surface area contributed by atoms with Crippen LogP contribution in [-0.2, 0) is 0 Å². The Morgan fingerprint density at radius 3 is 2.83 bits per heavy atom. The minimum Gasteiger partial charge on any atom is -0.508 e. The lowest BCUT2D eigenvalue weighted by Gasteiger charge is -2.15. The molecule has 24 heavy (non-hydrogen) atoms. The van der Waals surface area contributed by atoms with E-state index in [9.17, 15) is 9.90 Å². The van der Waals surface area contributed by atoms with Crippen LogP contribution in [-0.4, -0.2) is 31.0 Å². The number of fused-ring (bicyclic) bond motifs is 1. The molecule has 1 aromatic carbocycles. The first-order valence-electron chi connectivity index (χ1n) is 8.07. The van der Waals surface area contributed by atoms with E-state index in [0.29, 0.717) is 22.9 Å². The molecule has 3 rings (SSSR count). The van der Waals surface area contributed by atoms with Gasteiger partial charge in [-0.1, -0.05) is 13.8 Å². The van der Waals surface area contributed by atoms with Crippen molar-refractivity contribution in [2.24, 2.45) is 0 Å². The number of hydrogen-bond donors (Lipinski definition) is 3. The SMILES string of the molecule is CCC(CC)n1ncc(C(=O)Nc2n[nH]c3cc(O)ccc23)c1C. The first-order valence-corrected chi connectivity index (χ1v) is 8.07. The first-order chi connectivity index (χ1) is 11.5. The van der Waals surface area contributed by atoms with Gasteiger partial charge >= 0.3 is 0 Å². The molecule has 0 saturated carbocycles. The summed E-state index contributed by atoms with van der Waals surface area (Å²) in [5.74, 6) is 0.335. The number of aromatic nitrogens is 4. The van der Waals surface area contributed by atoms with Gasteiger partial charge in [0.25, 0.3) is 5.91 Å². The standard InChI is InChI=1S/C17H21N5O2/c1-4-11(5-2)22-10(3)14(9-18-22)17(24)19-16-13-7-6-12(23)8-15(13)20-21-16/h6-9,11,23H,4-5H2,1-3H3,(H2,19,20,21,24). The van der Waals surface area contributed by atoms with Gasteiger partial charge in [0.15, 0.2) is 5.82 Å². The number of nitrogens with one attached hydrogen (secondary N) is 2.